The van der Waals surface area contributed by atoms with Gasteiger partial charge in [0.05, 0.1) is 25.3 Å². The van der Waals surface area contributed by atoms with Gasteiger partial charge in [-0.05, 0) is 62.1 Å². The van der Waals surface area contributed by atoms with Gasteiger partial charge in [-0.15, -0.1) is 0 Å². The number of benzene rings is 1. The van der Waals surface area contributed by atoms with Crippen LogP contribution in [-0.2, 0) is 22.1 Å². The fourth-order valence-corrected chi connectivity index (χ4v) is 7.29. The third-order valence-electron chi connectivity index (χ3n) is 9.54. The Bertz CT molecular complexity index is 1170. The Hall–Kier alpha value is -2.54. The molecule has 2 saturated carbocycles. The van der Waals surface area contributed by atoms with Gasteiger partial charge in [-0.3, -0.25) is 9.59 Å². The van der Waals surface area contributed by atoms with E-state index in [0.29, 0.717) is 18.9 Å². The van der Waals surface area contributed by atoms with E-state index in [1.807, 2.05) is 11.0 Å². The zero-order valence-electron chi connectivity index (χ0n) is 21.7. The minimum absolute atomic E-state index is 0.0626. The van der Waals surface area contributed by atoms with E-state index in [-0.39, 0.29) is 35.8 Å². The largest absolute Gasteiger partial charge is 0.497 e. The van der Waals surface area contributed by atoms with Gasteiger partial charge in [0.15, 0.2) is 0 Å². The van der Waals surface area contributed by atoms with Gasteiger partial charge in [0, 0.05) is 61.6 Å². The lowest BCUT2D eigenvalue weighted by molar-refractivity contribution is -0.143. The average molecular weight is 494 g/mol. The molecule has 1 saturated heterocycles. The van der Waals surface area contributed by atoms with Crippen LogP contribution in [0.25, 0.3) is 10.9 Å². The molecule has 6 rings (SSSR count). The second-order valence-electron chi connectivity index (χ2n) is 11.7. The number of methoxy groups -OCH3 is 1. The Labute approximate surface area is 213 Å². The molecule has 0 radical (unpaired) electrons. The molecule has 7 nitrogen and oxygen atoms in total. The summed E-state index contributed by atoms with van der Waals surface area (Å²) in [4.78, 5) is 30.8. The van der Waals surface area contributed by atoms with Gasteiger partial charge in [-0.2, -0.15) is 0 Å². The van der Waals surface area contributed by atoms with Gasteiger partial charge in [-0.1, -0.05) is 12.8 Å². The van der Waals surface area contributed by atoms with Crippen molar-refractivity contribution in [2.24, 2.45) is 18.9 Å². The van der Waals surface area contributed by atoms with Crippen molar-refractivity contribution in [3.05, 3.63) is 29.5 Å². The topological polar surface area (TPSA) is 75.0 Å². The van der Waals surface area contributed by atoms with E-state index in [2.05, 4.69) is 28.6 Å². The van der Waals surface area contributed by atoms with E-state index in [9.17, 15) is 14.7 Å². The van der Waals surface area contributed by atoms with Crippen LogP contribution in [0, 0.1) is 11.8 Å². The maximum Gasteiger partial charge on any atom is 0.226 e. The Balaban J connectivity index is 1.42. The van der Waals surface area contributed by atoms with E-state index in [1.165, 1.54) is 23.8 Å². The van der Waals surface area contributed by atoms with E-state index < -0.39 is 0 Å². The number of amides is 2. The zero-order valence-corrected chi connectivity index (χ0v) is 21.7. The summed E-state index contributed by atoms with van der Waals surface area (Å²) in [5.41, 5.74) is 3.17. The molecule has 2 aliphatic heterocycles. The molecule has 1 atom stereocenters. The minimum Gasteiger partial charge on any atom is -0.497 e. The lowest BCUT2D eigenvalue weighted by atomic mass is 9.68. The monoisotopic (exact) mass is 493 g/mol. The van der Waals surface area contributed by atoms with Gasteiger partial charge in [0.2, 0.25) is 11.8 Å². The molecule has 3 heterocycles. The summed E-state index contributed by atoms with van der Waals surface area (Å²) in [5.74, 6) is 1.94. The second-order valence-corrected chi connectivity index (χ2v) is 11.7. The average Bonchev–Trinajstić information content (AvgIpc) is 3.44. The number of aryl methyl sites for hydroxylation is 1. The number of ether oxygens (including phenoxy) is 1. The number of piperidine rings is 1. The third-order valence-corrected chi connectivity index (χ3v) is 9.54. The predicted molar refractivity (Wildman–Crippen MR) is 138 cm³/mol. The van der Waals surface area contributed by atoms with Crippen molar-refractivity contribution in [3.63, 3.8) is 0 Å². The number of likely N-dealkylation sites (tertiary alicyclic amines) is 1. The highest BCUT2D eigenvalue weighted by atomic mass is 16.5. The van der Waals surface area contributed by atoms with Crippen molar-refractivity contribution in [1.29, 1.82) is 0 Å². The normalized spacial score (nSPS) is 23.9. The Kier molecular flexibility index (Phi) is 6.02. The molecule has 0 unspecified atom stereocenters. The van der Waals surface area contributed by atoms with Crippen molar-refractivity contribution >= 4 is 22.7 Å². The molecule has 194 valence electrons. The van der Waals surface area contributed by atoms with E-state index in [1.54, 1.807) is 7.11 Å². The predicted octanol–water partition coefficient (Wildman–Crippen LogP) is 3.91. The quantitative estimate of drug-likeness (QED) is 0.685. The number of nitrogens with zero attached hydrogens (tertiary/aromatic N) is 3. The molecule has 1 aromatic heterocycles. The highest BCUT2D eigenvalue weighted by Crippen LogP contribution is 2.51. The first kappa shape index (κ1) is 23.8. The van der Waals surface area contributed by atoms with E-state index in [4.69, 9.17) is 4.74 Å². The third kappa shape index (κ3) is 3.82. The summed E-state index contributed by atoms with van der Waals surface area (Å²) in [6, 6.07) is 5.86. The Morgan fingerprint density at radius 1 is 1.11 bits per heavy atom. The van der Waals surface area contributed by atoms with E-state index >= 15 is 0 Å². The van der Waals surface area contributed by atoms with Crippen LogP contribution in [0.2, 0.25) is 0 Å². The lowest BCUT2D eigenvalue weighted by Gasteiger charge is -2.51. The summed E-state index contributed by atoms with van der Waals surface area (Å²) >= 11 is 0. The van der Waals surface area contributed by atoms with Gasteiger partial charge < -0.3 is 24.2 Å². The number of hydrogen-bond donors (Lipinski definition) is 1. The van der Waals surface area contributed by atoms with Gasteiger partial charge >= 0.3 is 0 Å². The Morgan fingerprint density at radius 3 is 2.47 bits per heavy atom. The summed E-state index contributed by atoms with van der Waals surface area (Å²) in [7, 11) is 3.73. The summed E-state index contributed by atoms with van der Waals surface area (Å²) in [5, 5.41) is 11.8. The fourth-order valence-electron chi connectivity index (χ4n) is 7.29. The number of hydrogen-bond acceptors (Lipinski definition) is 4. The maximum absolute atomic E-state index is 13.9. The van der Waals surface area contributed by atoms with Gasteiger partial charge in [-0.25, -0.2) is 0 Å². The standard InChI is InChI=1S/C29H39N3O4/c1-30-23-16-21(36-2)9-10-22(23)26-27(30)24(17-33)32(28(35)20-5-3-4-6-20)18-29(26)11-13-31(14-12-29)25(34)15-19-7-8-19/h9-10,16,19-20,24,33H,3-8,11-15,17-18H2,1-2H3/t24-/m0/s1. The molecule has 4 aliphatic rings. The molecule has 0 bridgehead atoms. The first-order valence-electron chi connectivity index (χ1n) is 13.8. The molecule has 1 spiro atoms. The van der Waals surface area contributed by atoms with Crippen LogP contribution < -0.4 is 4.74 Å². The number of aromatic nitrogens is 1. The highest BCUT2D eigenvalue weighted by Gasteiger charge is 2.50. The van der Waals surface area contributed by atoms with Crippen LogP contribution >= 0.6 is 0 Å². The zero-order chi connectivity index (χ0) is 25.0. The smallest absolute Gasteiger partial charge is 0.226 e. The number of carbonyl (C=O) groups excluding carboxylic acids is 2. The van der Waals surface area contributed by atoms with Crippen LogP contribution in [0.15, 0.2) is 18.2 Å². The van der Waals surface area contributed by atoms with Crippen molar-refractivity contribution in [2.45, 2.75) is 69.2 Å². The Morgan fingerprint density at radius 2 is 1.83 bits per heavy atom. The molecule has 7 heteroatoms. The summed E-state index contributed by atoms with van der Waals surface area (Å²) < 4.78 is 7.71. The fraction of sp³-hybridized carbons (Fsp3) is 0.655. The first-order chi connectivity index (χ1) is 17.5. The molecule has 2 aromatic rings. The van der Waals surface area contributed by atoms with Crippen LogP contribution in [0.1, 0.15) is 75.1 Å². The van der Waals surface area contributed by atoms with Crippen molar-refractivity contribution in [1.82, 2.24) is 14.4 Å². The number of fused-ring (bicyclic) bond motifs is 4. The minimum atomic E-state index is -0.350. The number of rotatable bonds is 5. The van der Waals surface area contributed by atoms with Crippen molar-refractivity contribution < 1.29 is 19.4 Å². The molecule has 1 N–H and O–H groups in total. The first-order valence-corrected chi connectivity index (χ1v) is 13.8. The summed E-state index contributed by atoms with van der Waals surface area (Å²) in [6.45, 7) is 1.99. The van der Waals surface area contributed by atoms with Crippen LogP contribution in [0.3, 0.4) is 0 Å². The SMILES string of the molecule is COc1ccc2c3c(n(C)c2c1)[C@H](CO)N(C(=O)C1CCCC1)CC31CCN(C(=O)CC2CC2)CC1. The van der Waals surface area contributed by atoms with Gasteiger partial charge in [0.1, 0.15) is 5.75 Å². The van der Waals surface area contributed by atoms with Crippen LogP contribution in [0.5, 0.6) is 5.75 Å². The highest BCUT2D eigenvalue weighted by molar-refractivity contribution is 5.90. The van der Waals surface area contributed by atoms with Crippen molar-refractivity contribution in [3.8, 4) is 5.75 Å². The molecular weight excluding hydrogens is 454 g/mol. The van der Waals surface area contributed by atoms with Crippen LogP contribution in [-0.4, -0.2) is 64.6 Å². The molecule has 3 fully saturated rings. The number of carbonyl (C=O) groups is 2. The molecule has 2 amide bonds. The number of aliphatic hydroxyl groups excluding tert-OH is 1. The second kappa shape index (κ2) is 9.09. The van der Waals surface area contributed by atoms with Gasteiger partial charge in [0.25, 0.3) is 0 Å². The molecule has 1 aromatic carbocycles. The molecular formula is C29H39N3O4. The van der Waals surface area contributed by atoms with Crippen molar-refractivity contribution in [2.75, 3.05) is 33.4 Å². The summed E-state index contributed by atoms with van der Waals surface area (Å²) in [6.07, 6.45) is 8.85. The van der Waals surface area contributed by atoms with Crippen LogP contribution in [0.4, 0.5) is 0 Å². The van der Waals surface area contributed by atoms with E-state index in [0.717, 1.165) is 68.6 Å². The maximum atomic E-state index is 13.9. The molecule has 2 aliphatic carbocycles. The number of aliphatic hydroxyl groups is 1. The molecule has 36 heavy (non-hydrogen) atoms. The lowest BCUT2D eigenvalue weighted by Crippen LogP contribution is -2.56.